The van der Waals surface area contributed by atoms with Gasteiger partial charge in [0.15, 0.2) is 11.5 Å². The number of furan rings is 1. The Morgan fingerprint density at radius 2 is 1.87 bits per heavy atom. The minimum Gasteiger partial charge on any atom is -0.493 e. The van der Waals surface area contributed by atoms with Crippen molar-refractivity contribution in [2.75, 3.05) is 13.7 Å². The summed E-state index contributed by atoms with van der Waals surface area (Å²) in [7, 11) is 1.37. The van der Waals surface area contributed by atoms with Gasteiger partial charge in [-0.3, -0.25) is 4.79 Å². The summed E-state index contributed by atoms with van der Waals surface area (Å²) in [5, 5.41) is 2.80. The van der Waals surface area contributed by atoms with Crippen molar-refractivity contribution in [3.05, 3.63) is 71.7 Å². The average Bonchev–Trinajstić information content (AvgIpc) is 3.22. The fourth-order valence-corrected chi connectivity index (χ4v) is 3.05. The van der Waals surface area contributed by atoms with Crippen LogP contribution in [0.3, 0.4) is 0 Å². The van der Waals surface area contributed by atoms with Gasteiger partial charge in [0.05, 0.1) is 12.7 Å². The zero-order chi connectivity index (χ0) is 22.2. The molecule has 1 N–H and O–H groups in total. The number of aryl methyl sites for hydroxylation is 1. The van der Waals surface area contributed by atoms with Gasteiger partial charge >= 0.3 is 6.61 Å². The van der Waals surface area contributed by atoms with Gasteiger partial charge in [0.1, 0.15) is 17.3 Å². The lowest BCUT2D eigenvalue weighted by Crippen LogP contribution is -2.25. The topological polar surface area (TPSA) is 60.7 Å². The van der Waals surface area contributed by atoms with E-state index in [2.05, 4.69) is 10.1 Å². The number of benzene rings is 2. The van der Waals surface area contributed by atoms with E-state index in [0.29, 0.717) is 36.5 Å². The molecule has 5 nitrogen and oxygen atoms in total. The molecular formula is C23H22F3NO4. The summed E-state index contributed by atoms with van der Waals surface area (Å²) in [4.78, 5) is 12.1. The van der Waals surface area contributed by atoms with Crippen LogP contribution in [-0.4, -0.2) is 26.2 Å². The second kappa shape index (κ2) is 10.6. The number of nitrogens with one attached hydrogen (secondary N) is 1. The largest absolute Gasteiger partial charge is 0.493 e. The first-order valence-corrected chi connectivity index (χ1v) is 9.68. The third-order valence-electron chi connectivity index (χ3n) is 4.58. The van der Waals surface area contributed by atoms with Crippen molar-refractivity contribution in [1.29, 1.82) is 0 Å². The number of carbonyl (C=O) groups excluding carboxylic acids is 1. The molecular weight excluding hydrogens is 411 g/mol. The average molecular weight is 433 g/mol. The molecule has 0 saturated carbocycles. The zero-order valence-corrected chi connectivity index (χ0v) is 16.9. The van der Waals surface area contributed by atoms with Gasteiger partial charge < -0.3 is 19.2 Å². The molecule has 0 spiro atoms. The van der Waals surface area contributed by atoms with Crippen LogP contribution in [0.1, 0.15) is 17.7 Å². The van der Waals surface area contributed by atoms with E-state index < -0.39 is 6.61 Å². The number of carbonyl (C=O) groups is 1. The molecule has 3 aromatic rings. The highest BCUT2D eigenvalue weighted by Gasteiger charge is 2.12. The van der Waals surface area contributed by atoms with Crippen LogP contribution in [0.2, 0.25) is 0 Å². The molecule has 2 aromatic carbocycles. The van der Waals surface area contributed by atoms with Gasteiger partial charge in [0.25, 0.3) is 0 Å². The molecule has 0 bridgehead atoms. The maximum atomic E-state index is 13.8. The second-order valence-corrected chi connectivity index (χ2v) is 6.71. The van der Waals surface area contributed by atoms with Gasteiger partial charge in [-0.15, -0.1) is 0 Å². The quantitative estimate of drug-likeness (QED) is 0.490. The number of rotatable bonds is 10. The summed E-state index contributed by atoms with van der Waals surface area (Å²) in [6.45, 7) is -2.56. The number of methoxy groups -OCH3 is 1. The lowest BCUT2D eigenvalue weighted by Gasteiger charge is -2.11. The van der Waals surface area contributed by atoms with Crippen LogP contribution in [0.25, 0.3) is 11.3 Å². The molecule has 0 atom stereocenters. The van der Waals surface area contributed by atoms with E-state index in [0.717, 1.165) is 5.56 Å². The van der Waals surface area contributed by atoms with Crippen LogP contribution < -0.4 is 14.8 Å². The lowest BCUT2D eigenvalue weighted by atomic mass is 10.1. The van der Waals surface area contributed by atoms with E-state index >= 15 is 0 Å². The second-order valence-electron chi connectivity index (χ2n) is 6.71. The molecule has 1 amide bonds. The highest BCUT2D eigenvalue weighted by atomic mass is 19.3. The Balaban J connectivity index is 1.45. The smallest absolute Gasteiger partial charge is 0.387 e. The van der Waals surface area contributed by atoms with Crippen LogP contribution in [-0.2, 0) is 17.6 Å². The van der Waals surface area contributed by atoms with Crippen LogP contribution in [0, 0.1) is 5.82 Å². The van der Waals surface area contributed by atoms with E-state index in [-0.39, 0.29) is 29.6 Å². The molecule has 0 aliphatic carbocycles. The number of alkyl halides is 2. The Morgan fingerprint density at radius 3 is 2.61 bits per heavy atom. The van der Waals surface area contributed by atoms with Crippen molar-refractivity contribution >= 4 is 5.91 Å². The van der Waals surface area contributed by atoms with E-state index in [1.807, 2.05) is 0 Å². The Labute approximate surface area is 177 Å². The number of ether oxygens (including phenoxy) is 2. The minimum atomic E-state index is -2.93. The first-order chi connectivity index (χ1) is 15.0. The Kier molecular flexibility index (Phi) is 7.59. The molecule has 164 valence electrons. The van der Waals surface area contributed by atoms with Gasteiger partial charge in [-0.2, -0.15) is 8.78 Å². The highest BCUT2D eigenvalue weighted by Crippen LogP contribution is 2.29. The maximum Gasteiger partial charge on any atom is 0.387 e. The predicted octanol–water partition coefficient (Wildman–Crippen LogP) is 4.99. The summed E-state index contributed by atoms with van der Waals surface area (Å²) in [6.07, 6.45) is 1.09. The molecule has 1 aromatic heterocycles. The van der Waals surface area contributed by atoms with Crippen LogP contribution in [0.5, 0.6) is 11.5 Å². The summed E-state index contributed by atoms with van der Waals surface area (Å²) < 4.78 is 53.7. The summed E-state index contributed by atoms with van der Waals surface area (Å²) in [5.41, 5.74) is 1.18. The molecule has 0 fully saturated rings. The van der Waals surface area contributed by atoms with Crippen molar-refractivity contribution < 1.29 is 31.9 Å². The molecule has 8 heteroatoms. The van der Waals surface area contributed by atoms with Crippen LogP contribution >= 0.6 is 0 Å². The SMILES string of the molecule is COc1cc(CCNC(=O)CCc2ccc(-c3ccccc3F)o2)ccc1OC(F)F. The van der Waals surface area contributed by atoms with Gasteiger partial charge in [0, 0.05) is 19.4 Å². The maximum absolute atomic E-state index is 13.8. The molecule has 0 radical (unpaired) electrons. The van der Waals surface area contributed by atoms with Crippen molar-refractivity contribution in [2.45, 2.75) is 25.9 Å². The molecule has 0 aliphatic rings. The Bertz CT molecular complexity index is 1020. The molecule has 1 heterocycles. The first-order valence-electron chi connectivity index (χ1n) is 9.68. The fraction of sp³-hybridized carbons (Fsp3) is 0.261. The van der Waals surface area contributed by atoms with Crippen LogP contribution in [0.15, 0.2) is 59.0 Å². The van der Waals surface area contributed by atoms with Gasteiger partial charge in [-0.05, 0) is 48.4 Å². The minimum absolute atomic E-state index is 0.0431. The number of hydrogen-bond acceptors (Lipinski definition) is 4. The van der Waals surface area contributed by atoms with Crippen molar-refractivity contribution in [3.8, 4) is 22.8 Å². The third-order valence-corrected chi connectivity index (χ3v) is 4.58. The van der Waals surface area contributed by atoms with Crippen molar-refractivity contribution in [1.82, 2.24) is 5.32 Å². The fourth-order valence-electron chi connectivity index (χ4n) is 3.05. The molecule has 3 rings (SSSR count). The number of hydrogen-bond donors (Lipinski definition) is 1. The number of halogens is 3. The summed E-state index contributed by atoms with van der Waals surface area (Å²) in [5.74, 6) is 0.639. The third kappa shape index (κ3) is 6.28. The standard InChI is InChI=1S/C23H22F3NO4/c1-29-21-14-15(6-9-20(21)31-23(25)26)12-13-27-22(28)11-8-16-7-10-19(30-16)17-4-2-3-5-18(17)24/h2-7,9-10,14,23H,8,11-13H2,1H3,(H,27,28). The van der Waals surface area contributed by atoms with Gasteiger partial charge in [-0.25, -0.2) is 4.39 Å². The van der Waals surface area contributed by atoms with E-state index in [4.69, 9.17) is 9.15 Å². The molecule has 31 heavy (non-hydrogen) atoms. The normalized spacial score (nSPS) is 10.9. The highest BCUT2D eigenvalue weighted by molar-refractivity contribution is 5.76. The summed E-state index contributed by atoms with van der Waals surface area (Å²) >= 11 is 0. The van der Waals surface area contributed by atoms with E-state index in [9.17, 15) is 18.0 Å². The van der Waals surface area contributed by atoms with Crippen LogP contribution in [0.4, 0.5) is 13.2 Å². The Morgan fingerprint density at radius 1 is 1.06 bits per heavy atom. The lowest BCUT2D eigenvalue weighted by molar-refractivity contribution is -0.121. The monoisotopic (exact) mass is 433 g/mol. The molecule has 0 saturated heterocycles. The first kappa shape index (κ1) is 22.3. The molecule has 0 unspecified atom stereocenters. The zero-order valence-electron chi connectivity index (χ0n) is 16.9. The Hall–Kier alpha value is -3.42. The van der Waals surface area contributed by atoms with E-state index in [1.165, 1.54) is 19.2 Å². The summed E-state index contributed by atoms with van der Waals surface area (Å²) in [6, 6.07) is 14.4. The van der Waals surface area contributed by atoms with E-state index in [1.54, 1.807) is 42.5 Å². The molecule has 0 aliphatic heterocycles. The van der Waals surface area contributed by atoms with Gasteiger partial charge in [-0.1, -0.05) is 18.2 Å². The number of amides is 1. The van der Waals surface area contributed by atoms with Crippen molar-refractivity contribution in [2.24, 2.45) is 0 Å². The van der Waals surface area contributed by atoms with Crippen molar-refractivity contribution in [3.63, 3.8) is 0 Å². The predicted molar refractivity (Wildman–Crippen MR) is 109 cm³/mol. The van der Waals surface area contributed by atoms with Gasteiger partial charge in [0.2, 0.25) is 5.91 Å².